The van der Waals surface area contributed by atoms with E-state index in [1.54, 1.807) is 19.2 Å². The minimum Gasteiger partial charge on any atom is -0.496 e. The molecule has 538 valence electrons. The summed E-state index contributed by atoms with van der Waals surface area (Å²) < 4.78 is 119. The first-order valence-corrected chi connectivity index (χ1v) is 34.4. The Morgan fingerprint density at radius 1 is 0.425 bits per heavy atom. The maximum atomic E-state index is 12.9. The zero-order chi connectivity index (χ0) is 73.8. The molecule has 0 bridgehead atoms. The number of H-pyrrole nitrogens is 5. The van der Waals surface area contributed by atoms with E-state index in [0.29, 0.717) is 0 Å². The Balaban J connectivity index is 0.000000117. The fourth-order valence-electron chi connectivity index (χ4n) is 12.1. The molecule has 106 heavy (non-hydrogen) atoms. The van der Waals surface area contributed by atoms with Gasteiger partial charge in [-0.15, -0.1) is 0 Å². The van der Waals surface area contributed by atoms with Crippen LogP contribution >= 0.6 is 15.9 Å². The van der Waals surface area contributed by atoms with Gasteiger partial charge in [0.1, 0.15) is 45.9 Å². The van der Waals surface area contributed by atoms with E-state index in [-0.39, 0.29) is 34.2 Å². The monoisotopic (exact) mass is 1500 g/mol. The lowest BCUT2D eigenvalue weighted by Gasteiger charge is -2.17. The highest BCUT2D eigenvalue weighted by Crippen LogP contribution is 2.44. The maximum absolute atomic E-state index is 12.9. The molecule has 5 N–H and O–H groups in total. The molecule has 0 amide bonds. The fraction of sp³-hybridized carbons (Fsp3) is 0.159. The van der Waals surface area contributed by atoms with Gasteiger partial charge in [0, 0.05) is 80.0 Å². The van der Waals surface area contributed by atoms with Crippen LogP contribution in [0.25, 0.3) is 101 Å². The molecule has 14 aromatic rings. The smallest absolute Gasteiger partial charge is 0.422 e. The number of rotatable bonds is 14. The molecule has 17 rings (SSSR count). The van der Waals surface area contributed by atoms with Crippen LogP contribution in [0, 0.1) is 5.82 Å². The number of ether oxygens (including phenoxy) is 6. The lowest BCUT2D eigenvalue weighted by molar-refractivity contribution is -0.154. The van der Waals surface area contributed by atoms with Crippen LogP contribution in [0.15, 0.2) is 247 Å². The van der Waals surface area contributed by atoms with Gasteiger partial charge in [0.25, 0.3) is 0 Å². The van der Waals surface area contributed by atoms with Crippen molar-refractivity contribution < 1.29 is 59.2 Å². The summed E-state index contributed by atoms with van der Waals surface area (Å²) in [6.07, 6.45) is -4.84. The molecule has 9 aromatic carbocycles. The average Bonchev–Trinajstić information content (AvgIpc) is 1.63. The first-order valence-electron chi connectivity index (χ1n) is 33.6. The van der Waals surface area contributed by atoms with Crippen LogP contribution in [0.5, 0.6) is 34.5 Å². The van der Waals surface area contributed by atoms with Gasteiger partial charge in [-0.3, -0.25) is 25.5 Å². The second kappa shape index (κ2) is 32.2. The third-order valence-corrected chi connectivity index (χ3v) is 17.5. The lowest BCUT2D eigenvalue weighted by atomic mass is 9.99. The van der Waals surface area contributed by atoms with Crippen molar-refractivity contribution in [2.75, 3.05) is 33.5 Å². The first kappa shape index (κ1) is 72.2. The van der Waals surface area contributed by atoms with E-state index in [0.717, 1.165) is 168 Å². The van der Waals surface area contributed by atoms with Crippen LogP contribution in [0.4, 0.5) is 30.7 Å². The van der Waals surface area contributed by atoms with Crippen LogP contribution < -0.4 is 28.4 Å². The van der Waals surface area contributed by atoms with Crippen molar-refractivity contribution in [1.82, 2.24) is 51.0 Å². The highest BCUT2D eigenvalue weighted by atomic mass is 79.9. The van der Waals surface area contributed by atoms with Crippen molar-refractivity contribution in [2.45, 2.75) is 51.1 Å². The van der Waals surface area contributed by atoms with Gasteiger partial charge in [-0.2, -0.15) is 51.8 Å². The zero-order valence-corrected chi connectivity index (χ0v) is 58.8. The van der Waals surface area contributed by atoms with Crippen molar-refractivity contribution in [3.63, 3.8) is 0 Å². The van der Waals surface area contributed by atoms with E-state index in [4.69, 9.17) is 18.9 Å². The number of nitrogens with zero attached hydrogens (tertiary/aromatic N) is 5. The minimum absolute atomic E-state index is 0.103. The number of halogens is 8. The summed E-state index contributed by atoms with van der Waals surface area (Å²) in [6.45, 7) is 2.72. The molecule has 5 aromatic heterocycles. The molecule has 0 aliphatic carbocycles. The second-order valence-corrected chi connectivity index (χ2v) is 26.1. The van der Waals surface area contributed by atoms with Crippen LogP contribution in [0.1, 0.15) is 30.5 Å². The van der Waals surface area contributed by atoms with E-state index in [2.05, 4.69) is 193 Å². The Kier molecular flexibility index (Phi) is 21.9. The van der Waals surface area contributed by atoms with E-state index in [1.165, 1.54) is 41.1 Å². The third-order valence-electron chi connectivity index (χ3n) is 17.0. The molecule has 0 radical (unpaired) electrons. The van der Waals surface area contributed by atoms with Gasteiger partial charge in [0.15, 0.2) is 13.2 Å². The number of hydrogen-bond acceptors (Lipinski definition) is 11. The summed E-state index contributed by atoms with van der Waals surface area (Å²) in [5.74, 6) is 3.15. The summed E-state index contributed by atoms with van der Waals surface area (Å²) in [5, 5.41) is 36.1. The number of aromatic amines is 5. The molecule has 0 unspecified atom stereocenters. The van der Waals surface area contributed by atoms with Crippen LogP contribution in [0.3, 0.4) is 0 Å². The van der Waals surface area contributed by atoms with Gasteiger partial charge in [0.2, 0.25) is 0 Å². The number of alkyl halides is 6. The van der Waals surface area contributed by atoms with Gasteiger partial charge in [-0.1, -0.05) is 143 Å². The number of para-hydroxylation sites is 3. The van der Waals surface area contributed by atoms with Crippen molar-refractivity contribution >= 4 is 15.9 Å². The van der Waals surface area contributed by atoms with Gasteiger partial charge >= 0.3 is 12.4 Å². The van der Waals surface area contributed by atoms with E-state index in [1.807, 2.05) is 84.9 Å². The van der Waals surface area contributed by atoms with Crippen molar-refractivity contribution in [2.24, 2.45) is 0 Å². The standard InChI is InChI=1S/C19H18N2O.C17H13BrN2O.C17H14N2O.C16H13FN2O.C13H10F6N2O2/c1-19(2)12-14-9-6-10-15(18(14)22-19)17-11-16(20-21-17)13-7-4-3-5-8-13;18-13-8-12-6-7-21-17(12)14(9-13)16-10-15(19-20-16)11-4-2-1-3-5-11;1-2-5-12(6-3-1)15-11-16(19-18-15)14-8-4-7-13-9-10-20-17(13)14;1-20-16-5-3-2-4-13(16)15-10-14(18-19-15)11-6-8-12(17)9-7-11;14-12(15,16)6-22-8-1-2-11(23-7-13(17,18)19)9(5-8)10-3-4-20-21-10/h3-11H,12H2,1-2H3,(H,20,21);1-5,8-10H,6-7H2,(H,19,20);1-8,11H,9-10H2,(H,18,19);2-10H,1H3,(H,18,19);1-5H,6-7H2,(H,20,21). The molecular formula is C82H68BrF7N10O6. The third kappa shape index (κ3) is 18.1. The summed E-state index contributed by atoms with van der Waals surface area (Å²) >= 11 is 3.57. The molecule has 0 saturated carbocycles. The largest absolute Gasteiger partial charge is 0.496 e. The predicted molar refractivity (Wildman–Crippen MR) is 396 cm³/mol. The van der Waals surface area contributed by atoms with Gasteiger partial charge in [-0.25, -0.2) is 4.39 Å². The van der Waals surface area contributed by atoms with Crippen molar-refractivity contribution in [1.29, 1.82) is 0 Å². The Labute approximate surface area is 613 Å². The minimum atomic E-state index is -4.54. The topological polar surface area (TPSA) is 199 Å². The van der Waals surface area contributed by atoms with Gasteiger partial charge < -0.3 is 28.4 Å². The van der Waals surface area contributed by atoms with Crippen LogP contribution in [-0.2, 0) is 19.3 Å². The molecular weight excluding hydrogens is 1430 g/mol. The van der Waals surface area contributed by atoms with Gasteiger partial charge in [0.05, 0.1) is 71.6 Å². The maximum Gasteiger partial charge on any atom is 0.422 e. The normalized spacial score (nSPS) is 12.9. The van der Waals surface area contributed by atoms with Crippen LogP contribution in [0.2, 0.25) is 0 Å². The Morgan fingerprint density at radius 2 is 0.896 bits per heavy atom. The summed E-state index contributed by atoms with van der Waals surface area (Å²) in [6, 6.07) is 74.2. The predicted octanol–water partition coefficient (Wildman–Crippen LogP) is 20.4. The number of aromatic nitrogens is 10. The molecule has 24 heteroatoms. The number of nitrogens with one attached hydrogen (secondary N) is 5. The Morgan fingerprint density at radius 3 is 1.43 bits per heavy atom. The molecule has 3 aliphatic heterocycles. The Hall–Kier alpha value is -12.2. The quantitative estimate of drug-likeness (QED) is 0.0649. The summed E-state index contributed by atoms with van der Waals surface area (Å²) in [7, 11) is 1.64. The highest BCUT2D eigenvalue weighted by Gasteiger charge is 2.33. The van der Waals surface area contributed by atoms with Gasteiger partial charge in [-0.05, 0) is 140 Å². The second-order valence-electron chi connectivity index (χ2n) is 25.2. The fourth-order valence-corrected chi connectivity index (χ4v) is 12.6. The van der Waals surface area contributed by atoms with Crippen LogP contribution in [-0.4, -0.2) is 102 Å². The number of hydrogen-bond donors (Lipinski definition) is 5. The lowest BCUT2D eigenvalue weighted by Crippen LogP contribution is -2.24. The van der Waals surface area contributed by atoms with Crippen molar-refractivity contribution in [3.05, 3.63) is 270 Å². The van der Waals surface area contributed by atoms with Crippen molar-refractivity contribution in [3.8, 4) is 136 Å². The number of methoxy groups -OCH3 is 1. The molecule has 0 spiro atoms. The molecule has 0 saturated heterocycles. The van der Waals surface area contributed by atoms with E-state index in [9.17, 15) is 30.7 Å². The molecule has 0 fully saturated rings. The summed E-state index contributed by atoms with van der Waals surface area (Å²) in [5.41, 5.74) is 19.9. The first-order chi connectivity index (χ1) is 51.3. The number of benzene rings is 9. The average molecular weight is 1500 g/mol. The molecule has 0 atom stereocenters. The SMILES string of the molecule is Brc1cc2c(c(-c3cc(-c4ccccc4)n[nH]3)c1)OCC2.CC1(C)Cc2cccc(-c3cc(-c4ccccc4)n[nH]3)c2O1.COc1ccccc1-c1cc(-c2ccc(F)cc2)n[nH]1.FC(F)(F)COc1ccc(OCC(F)(F)F)c(-c2ccn[nH]2)c1.c1ccc(-c2cc(-c3cccc4c3OCC4)[nH]n2)cc1. The van der Waals surface area contributed by atoms with E-state index >= 15 is 0 Å². The molecule has 16 nitrogen and oxygen atoms in total. The Bertz CT molecular complexity index is 5240. The molecule has 3 aliphatic rings. The molecule has 8 heterocycles. The summed E-state index contributed by atoms with van der Waals surface area (Å²) in [4.78, 5) is 0. The zero-order valence-electron chi connectivity index (χ0n) is 57.3. The number of fused-ring (bicyclic) bond motifs is 3. The highest BCUT2D eigenvalue weighted by molar-refractivity contribution is 9.10. The van der Waals surface area contributed by atoms with E-state index < -0.39 is 25.6 Å².